The standard InChI is InChI=1S/C25H24FNO5/c1-29-19-9-11-20(12-10-19)32-24-23(17-6-13-21(30-2)22(14-17)31-3)27(25(24)28)15-16-4-7-18(26)8-5-16/h4-14,23-24H,15H2,1-3H3/t23-,24-/m0/s1. The third-order valence-electron chi connectivity index (χ3n) is 5.49. The minimum absolute atomic E-state index is 0.148. The molecule has 32 heavy (non-hydrogen) atoms. The van der Waals surface area contributed by atoms with Crippen LogP contribution in [0.3, 0.4) is 0 Å². The van der Waals surface area contributed by atoms with Crippen molar-refractivity contribution >= 4 is 5.91 Å². The van der Waals surface area contributed by atoms with E-state index in [-0.39, 0.29) is 17.8 Å². The van der Waals surface area contributed by atoms with E-state index in [1.807, 2.05) is 12.1 Å². The molecule has 0 saturated carbocycles. The van der Waals surface area contributed by atoms with Gasteiger partial charge in [-0.3, -0.25) is 4.79 Å². The first-order chi connectivity index (χ1) is 15.5. The molecule has 1 fully saturated rings. The van der Waals surface area contributed by atoms with Crippen LogP contribution in [0.4, 0.5) is 4.39 Å². The van der Waals surface area contributed by atoms with E-state index in [1.165, 1.54) is 12.1 Å². The number of hydrogen-bond acceptors (Lipinski definition) is 5. The van der Waals surface area contributed by atoms with Gasteiger partial charge in [0.25, 0.3) is 5.91 Å². The quantitative estimate of drug-likeness (QED) is 0.490. The first kappa shape index (κ1) is 21.5. The lowest BCUT2D eigenvalue weighted by molar-refractivity contribution is -0.165. The summed E-state index contributed by atoms with van der Waals surface area (Å²) in [5, 5.41) is 0. The summed E-state index contributed by atoms with van der Waals surface area (Å²) in [5.41, 5.74) is 1.68. The molecule has 166 valence electrons. The Morgan fingerprint density at radius 1 is 0.812 bits per heavy atom. The Kier molecular flexibility index (Phi) is 6.16. The van der Waals surface area contributed by atoms with Crippen LogP contribution >= 0.6 is 0 Å². The van der Waals surface area contributed by atoms with Crippen LogP contribution in [0.15, 0.2) is 66.7 Å². The van der Waals surface area contributed by atoms with Crippen LogP contribution in [0, 0.1) is 5.82 Å². The highest BCUT2D eigenvalue weighted by atomic mass is 19.1. The number of nitrogens with zero attached hydrogens (tertiary/aromatic N) is 1. The molecule has 0 unspecified atom stereocenters. The van der Waals surface area contributed by atoms with Gasteiger partial charge in [0.1, 0.15) is 23.4 Å². The number of carbonyl (C=O) groups is 1. The summed E-state index contributed by atoms with van der Waals surface area (Å²) in [5.74, 6) is 1.96. The lowest BCUT2D eigenvalue weighted by Crippen LogP contribution is -2.60. The van der Waals surface area contributed by atoms with Crippen LogP contribution in [-0.4, -0.2) is 38.2 Å². The van der Waals surface area contributed by atoms with Crippen molar-refractivity contribution in [3.63, 3.8) is 0 Å². The fraction of sp³-hybridized carbons (Fsp3) is 0.240. The summed E-state index contributed by atoms with van der Waals surface area (Å²) < 4.78 is 35.3. The molecule has 3 aromatic rings. The fourth-order valence-corrected chi connectivity index (χ4v) is 3.79. The van der Waals surface area contributed by atoms with Crippen molar-refractivity contribution in [3.8, 4) is 23.0 Å². The number of halogens is 1. The summed E-state index contributed by atoms with van der Waals surface area (Å²) in [6, 6.07) is 18.4. The molecule has 0 aliphatic carbocycles. The molecule has 6 nitrogen and oxygen atoms in total. The summed E-state index contributed by atoms with van der Waals surface area (Å²) in [4.78, 5) is 14.8. The lowest BCUT2D eigenvalue weighted by Gasteiger charge is -2.47. The minimum Gasteiger partial charge on any atom is -0.497 e. The normalized spacial score (nSPS) is 17.5. The van der Waals surface area contributed by atoms with Gasteiger partial charge >= 0.3 is 0 Å². The maximum atomic E-state index is 13.3. The van der Waals surface area contributed by atoms with Gasteiger partial charge in [0.05, 0.1) is 21.3 Å². The maximum Gasteiger partial charge on any atom is 0.267 e. The molecule has 0 N–H and O–H groups in total. The molecule has 0 spiro atoms. The highest BCUT2D eigenvalue weighted by molar-refractivity contribution is 5.89. The SMILES string of the molecule is COc1ccc(O[C@@H]2C(=O)N(Cc3ccc(F)cc3)[C@H]2c2ccc(OC)c(OC)c2)cc1. The molecule has 4 rings (SSSR count). The topological polar surface area (TPSA) is 57.2 Å². The van der Waals surface area contributed by atoms with Gasteiger partial charge in [-0.1, -0.05) is 18.2 Å². The predicted octanol–water partition coefficient (Wildman–Crippen LogP) is 4.38. The van der Waals surface area contributed by atoms with Gasteiger partial charge in [-0.2, -0.15) is 0 Å². The van der Waals surface area contributed by atoms with E-state index < -0.39 is 6.10 Å². The summed E-state index contributed by atoms with van der Waals surface area (Å²) in [6.07, 6.45) is -0.707. The molecule has 1 heterocycles. The smallest absolute Gasteiger partial charge is 0.267 e. The molecular weight excluding hydrogens is 413 g/mol. The average Bonchev–Trinajstić information content (AvgIpc) is 2.84. The molecule has 0 bridgehead atoms. The van der Waals surface area contributed by atoms with Crippen molar-refractivity contribution in [1.82, 2.24) is 4.90 Å². The highest BCUT2D eigenvalue weighted by Crippen LogP contribution is 2.41. The number of hydrogen-bond donors (Lipinski definition) is 0. The van der Waals surface area contributed by atoms with Gasteiger partial charge in [-0.15, -0.1) is 0 Å². The van der Waals surface area contributed by atoms with Crippen molar-refractivity contribution < 1.29 is 28.1 Å². The summed E-state index contributed by atoms with van der Waals surface area (Å²) >= 11 is 0. The molecule has 3 aromatic carbocycles. The third kappa shape index (κ3) is 4.19. The van der Waals surface area contributed by atoms with E-state index in [9.17, 15) is 9.18 Å². The van der Waals surface area contributed by atoms with Crippen molar-refractivity contribution in [3.05, 3.63) is 83.7 Å². The first-order valence-corrected chi connectivity index (χ1v) is 10.1. The number of ether oxygens (including phenoxy) is 4. The molecule has 1 aliphatic heterocycles. The van der Waals surface area contributed by atoms with E-state index in [2.05, 4.69) is 0 Å². The van der Waals surface area contributed by atoms with Gasteiger partial charge in [-0.05, 0) is 59.7 Å². The fourth-order valence-electron chi connectivity index (χ4n) is 3.79. The molecule has 1 aliphatic rings. The van der Waals surface area contributed by atoms with Crippen LogP contribution < -0.4 is 18.9 Å². The Morgan fingerprint density at radius 3 is 2.09 bits per heavy atom. The second-order valence-electron chi connectivity index (χ2n) is 7.37. The third-order valence-corrected chi connectivity index (χ3v) is 5.49. The molecule has 1 amide bonds. The monoisotopic (exact) mass is 437 g/mol. The second kappa shape index (κ2) is 9.18. The van der Waals surface area contributed by atoms with Crippen molar-refractivity contribution in [2.24, 2.45) is 0 Å². The van der Waals surface area contributed by atoms with Gasteiger partial charge in [0.15, 0.2) is 11.5 Å². The van der Waals surface area contributed by atoms with Crippen LogP contribution in [-0.2, 0) is 11.3 Å². The molecular formula is C25H24FNO5. The molecule has 1 saturated heterocycles. The van der Waals surface area contributed by atoms with Gasteiger partial charge in [-0.25, -0.2) is 4.39 Å². The first-order valence-electron chi connectivity index (χ1n) is 10.1. The van der Waals surface area contributed by atoms with Crippen molar-refractivity contribution in [2.75, 3.05) is 21.3 Å². The molecule has 7 heteroatoms. The zero-order valence-corrected chi connectivity index (χ0v) is 18.1. The number of amides is 1. The summed E-state index contributed by atoms with van der Waals surface area (Å²) in [6.45, 7) is 0.334. The van der Waals surface area contributed by atoms with Crippen molar-refractivity contribution in [2.45, 2.75) is 18.7 Å². The zero-order chi connectivity index (χ0) is 22.7. The van der Waals surface area contributed by atoms with Crippen LogP contribution in [0.25, 0.3) is 0 Å². The Balaban J connectivity index is 1.64. The molecule has 0 radical (unpaired) electrons. The van der Waals surface area contributed by atoms with E-state index in [0.29, 0.717) is 29.5 Å². The number of likely N-dealkylation sites (tertiary alicyclic amines) is 1. The number of methoxy groups -OCH3 is 3. The van der Waals surface area contributed by atoms with E-state index in [1.54, 1.807) is 68.7 Å². The second-order valence-corrected chi connectivity index (χ2v) is 7.37. The maximum absolute atomic E-state index is 13.3. The lowest BCUT2D eigenvalue weighted by atomic mass is 9.89. The number of rotatable bonds is 8. The Morgan fingerprint density at radius 2 is 1.47 bits per heavy atom. The average molecular weight is 437 g/mol. The predicted molar refractivity (Wildman–Crippen MR) is 117 cm³/mol. The molecule has 2 atom stereocenters. The molecule has 0 aromatic heterocycles. The van der Waals surface area contributed by atoms with Gasteiger partial charge in [0, 0.05) is 6.54 Å². The number of β-lactam (4-membered cyclic amide) rings is 1. The zero-order valence-electron chi connectivity index (χ0n) is 18.1. The van der Waals surface area contributed by atoms with E-state index in [4.69, 9.17) is 18.9 Å². The number of benzene rings is 3. The van der Waals surface area contributed by atoms with Crippen LogP contribution in [0.5, 0.6) is 23.0 Å². The van der Waals surface area contributed by atoms with E-state index in [0.717, 1.165) is 11.1 Å². The van der Waals surface area contributed by atoms with E-state index >= 15 is 0 Å². The Labute approximate surface area is 186 Å². The van der Waals surface area contributed by atoms with Crippen LogP contribution in [0.2, 0.25) is 0 Å². The van der Waals surface area contributed by atoms with Crippen LogP contribution in [0.1, 0.15) is 17.2 Å². The largest absolute Gasteiger partial charge is 0.497 e. The number of carbonyl (C=O) groups excluding carboxylic acids is 1. The minimum atomic E-state index is -0.707. The Bertz CT molecular complexity index is 1080. The summed E-state index contributed by atoms with van der Waals surface area (Å²) in [7, 11) is 4.72. The Hall–Kier alpha value is -3.74. The highest BCUT2D eigenvalue weighted by Gasteiger charge is 2.50. The van der Waals surface area contributed by atoms with Gasteiger partial charge < -0.3 is 23.8 Å². The van der Waals surface area contributed by atoms with Gasteiger partial charge in [0.2, 0.25) is 6.10 Å². The van der Waals surface area contributed by atoms with Crippen molar-refractivity contribution in [1.29, 1.82) is 0 Å².